The smallest absolute Gasteiger partial charge is 0.295 e. The number of halogens is 1. The van der Waals surface area contributed by atoms with Crippen LogP contribution in [0.3, 0.4) is 0 Å². The van der Waals surface area contributed by atoms with Crippen LogP contribution in [0.2, 0.25) is 0 Å². The number of fused-ring (bicyclic) bond motifs is 1. The van der Waals surface area contributed by atoms with Gasteiger partial charge in [0.1, 0.15) is 11.3 Å². The molecule has 0 atom stereocenters. The van der Waals surface area contributed by atoms with Crippen molar-refractivity contribution in [3.8, 4) is 0 Å². The van der Waals surface area contributed by atoms with E-state index in [1.54, 1.807) is 10.4 Å². The number of hydrogen-bond acceptors (Lipinski definition) is 5. The van der Waals surface area contributed by atoms with Gasteiger partial charge in [0.25, 0.3) is 16.2 Å². The van der Waals surface area contributed by atoms with E-state index in [0.717, 1.165) is 51.4 Å². The zero-order valence-corrected chi connectivity index (χ0v) is 18.3. The highest BCUT2D eigenvalue weighted by molar-refractivity contribution is 7.87. The first kappa shape index (κ1) is 21.5. The Morgan fingerprint density at radius 3 is 2.57 bits per heavy atom. The molecule has 0 aliphatic heterocycles. The van der Waals surface area contributed by atoms with Crippen molar-refractivity contribution in [2.24, 2.45) is 5.92 Å². The van der Waals surface area contributed by atoms with Crippen molar-refractivity contribution in [2.45, 2.75) is 69.9 Å². The Kier molecular flexibility index (Phi) is 6.60. The normalized spacial score (nSPS) is 23.8. The lowest BCUT2D eigenvalue weighted by atomic mass is 9.85. The van der Waals surface area contributed by atoms with Crippen molar-refractivity contribution in [1.29, 1.82) is 0 Å². The zero-order chi connectivity index (χ0) is 21.1. The van der Waals surface area contributed by atoms with Crippen molar-refractivity contribution >= 4 is 27.3 Å². The predicted molar refractivity (Wildman–Crippen MR) is 115 cm³/mol. The van der Waals surface area contributed by atoms with Crippen LogP contribution in [-0.4, -0.2) is 43.4 Å². The second kappa shape index (κ2) is 9.20. The lowest BCUT2D eigenvalue weighted by Gasteiger charge is -2.37. The number of aromatic nitrogens is 1. The molecule has 0 saturated heterocycles. The first-order valence-electron chi connectivity index (χ1n) is 11.0. The third kappa shape index (κ3) is 4.95. The van der Waals surface area contributed by atoms with E-state index in [1.807, 2.05) is 0 Å². The van der Waals surface area contributed by atoms with Gasteiger partial charge in [-0.15, -0.1) is 0 Å². The van der Waals surface area contributed by atoms with Crippen molar-refractivity contribution in [2.75, 3.05) is 18.9 Å². The molecular formula is C21H31FN4O3S. The van der Waals surface area contributed by atoms with Gasteiger partial charge in [-0.2, -0.15) is 17.7 Å². The summed E-state index contributed by atoms with van der Waals surface area (Å²) in [7, 11) is -1.93. The van der Waals surface area contributed by atoms with Gasteiger partial charge in [0.2, 0.25) is 0 Å². The van der Waals surface area contributed by atoms with Gasteiger partial charge in [-0.25, -0.2) is 9.11 Å². The van der Waals surface area contributed by atoms with Crippen LogP contribution >= 0.6 is 0 Å². The number of benzene rings is 1. The Hall–Kier alpha value is -1.71. The van der Waals surface area contributed by atoms with E-state index in [4.69, 9.17) is 4.42 Å². The second-order valence-electron chi connectivity index (χ2n) is 8.56. The van der Waals surface area contributed by atoms with Gasteiger partial charge in [-0.05, 0) is 56.6 Å². The Bertz CT molecular complexity index is 950. The molecular weight excluding hydrogens is 407 g/mol. The number of nitrogens with one attached hydrogen (secondary N) is 2. The molecule has 166 valence electrons. The van der Waals surface area contributed by atoms with E-state index in [1.165, 1.54) is 25.6 Å². The number of anilines is 1. The van der Waals surface area contributed by atoms with Crippen LogP contribution in [0.5, 0.6) is 0 Å². The molecule has 30 heavy (non-hydrogen) atoms. The van der Waals surface area contributed by atoms with E-state index in [-0.39, 0.29) is 17.9 Å². The van der Waals surface area contributed by atoms with E-state index in [2.05, 4.69) is 15.0 Å². The molecule has 7 nitrogen and oxygen atoms in total. The minimum absolute atomic E-state index is 0.118. The molecule has 2 saturated carbocycles. The minimum Gasteiger partial charge on any atom is -0.423 e. The standard InChI is InChI=1S/C21H31FN4O3S/c1-23-30(27,28)26(18-5-3-2-4-6-18)14-15-7-10-17(11-8-15)24-21-25-19-12-9-16(22)13-20(19)29-21/h9,12-13,15,17-18,23H,2-8,10-11,14H2,1H3,(H,24,25). The molecule has 1 aromatic heterocycles. The first-order chi connectivity index (χ1) is 14.4. The van der Waals surface area contributed by atoms with Crippen LogP contribution in [0.25, 0.3) is 11.1 Å². The highest BCUT2D eigenvalue weighted by Gasteiger charge is 2.33. The van der Waals surface area contributed by atoms with Crippen molar-refractivity contribution in [1.82, 2.24) is 14.0 Å². The fourth-order valence-corrected chi connectivity index (χ4v) is 6.05. The van der Waals surface area contributed by atoms with E-state index in [0.29, 0.717) is 29.6 Å². The maximum atomic E-state index is 13.3. The number of hydrogen-bond donors (Lipinski definition) is 2. The molecule has 0 bridgehead atoms. The summed E-state index contributed by atoms with van der Waals surface area (Å²) in [6.07, 6.45) is 9.07. The van der Waals surface area contributed by atoms with Gasteiger partial charge in [-0.3, -0.25) is 0 Å². The Morgan fingerprint density at radius 1 is 1.13 bits per heavy atom. The van der Waals surface area contributed by atoms with Gasteiger partial charge in [0.05, 0.1) is 0 Å². The molecule has 4 rings (SSSR count). The molecule has 1 aromatic carbocycles. The van der Waals surface area contributed by atoms with Crippen LogP contribution in [0, 0.1) is 11.7 Å². The van der Waals surface area contributed by atoms with E-state index in [9.17, 15) is 12.8 Å². The molecule has 2 N–H and O–H groups in total. The van der Waals surface area contributed by atoms with E-state index >= 15 is 0 Å². The summed E-state index contributed by atoms with van der Waals surface area (Å²) in [6, 6.07) is 5.08. The van der Waals surface area contributed by atoms with Gasteiger partial charge in [0.15, 0.2) is 5.58 Å². The number of rotatable bonds is 7. The third-order valence-corrected chi connectivity index (χ3v) is 8.09. The quantitative estimate of drug-likeness (QED) is 0.681. The van der Waals surface area contributed by atoms with Gasteiger partial charge >= 0.3 is 0 Å². The summed E-state index contributed by atoms with van der Waals surface area (Å²) >= 11 is 0. The lowest BCUT2D eigenvalue weighted by Crippen LogP contribution is -2.49. The average Bonchev–Trinajstić information content (AvgIpc) is 3.15. The Morgan fingerprint density at radius 2 is 1.87 bits per heavy atom. The van der Waals surface area contributed by atoms with Crippen molar-refractivity contribution in [3.63, 3.8) is 0 Å². The topological polar surface area (TPSA) is 87.5 Å². The van der Waals surface area contributed by atoms with Crippen LogP contribution in [-0.2, 0) is 10.2 Å². The van der Waals surface area contributed by atoms with Crippen LogP contribution in [0.4, 0.5) is 10.4 Å². The monoisotopic (exact) mass is 438 g/mol. The molecule has 2 aromatic rings. The zero-order valence-electron chi connectivity index (χ0n) is 17.4. The summed E-state index contributed by atoms with van der Waals surface area (Å²) in [5, 5.41) is 3.32. The van der Waals surface area contributed by atoms with Gasteiger partial charge < -0.3 is 9.73 Å². The van der Waals surface area contributed by atoms with Crippen molar-refractivity contribution in [3.05, 3.63) is 24.0 Å². The molecule has 2 fully saturated rings. The number of nitrogens with zero attached hydrogens (tertiary/aromatic N) is 2. The lowest BCUT2D eigenvalue weighted by molar-refractivity contribution is 0.199. The molecule has 0 radical (unpaired) electrons. The maximum absolute atomic E-state index is 13.3. The van der Waals surface area contributed by atoms with Crippen LogP contribution < -0.4 is 10.0 Å². The molecule has 1 heterocycles. The second-order valence-corrected chi connectivity index (χ2v) is 10.4. The fraction of sp³-hybridized carbons (Fsp3) is 0.667. The molecule has 0 unspecified atom stereocenters. The first-order valence-corrected chi connectivity index (χ1v) is 12.4. The predicted octanol–water partition coefficient (Wildman–Crippen LogP) is 4.04. The number of oxazole rings is 1. The Labute approximate surface area is 177 Å². The highest BCUT2D eigenvalue weighted by Crippen LogP contribution is 2.31. The third-order valence-electron chi connectivity index (χ3n) is 6.51. The summed E-state index contributed by atoms with van der Waals surface area (Å²) < 4.78 is 48.5. The molecule has 0 amide bonds. The van der Waals surface area contributed by atoms with Crippen molar-refractivity contribution < 1.29 is 17.2 Å². The van der Waals surface area contributed by atoms with E-state index < -0.39 is 10.2 Å². The maximum Gasteiger partial charge on any atom is 0.295 e. The Balaban J connectivity index is 1.34. The largest absolute Gasteiger partial charge is 0.423 e. The summed E-state index contributed by atoms with van der Waals surface area (Å²) in [5.74, 6) is 0.00980. The summed E-state index contributed by atoms with van der Waals surface area (Å²) in [4.78, 5) is 4.38. The molecule has 0 spiro atoms. The molecule has 2 aliphatic carbocycles. The SMILES string of the molecule is CNS(=O)(=O)N(CC1CCC(Nc2nc3ccc(F)cc3o2)CC1)C1CCCCC1. The molecule has 2 aliphatic rings. The van der Waals surface area contributed by atoms with Crippen LogP contribution in [0.1, 0.15) is 57.8 Å². The van der Waals surface area contributed by atoms with Gasteiger partial charge in [0, 0.05) is 31.7 Å². The van der Waals surface area contributed by atoms with Gasteiger partial charge in [-0.1, -0.05) is 19.3 Å². The molecule has 9 heteroatoms. The minimum atomic E-state index is -3.43. The summed E-state index contributed by atoms with van der Waals surface area (Å²) in [5.41, 5.74) is 1.07. The highest BCUT2D eigenvalue weighted by atomic mass is 32.2. The van der Waals surface area contributed by atoms with Crippen LogP contribution in [0.15, 0.2) is 22.6 Å². The average molecular weight is 439 g/mol. The fourth-order valence-electron chi connectivity index (χ4n) is 4.81. The summed E-state index contributed by atoms with van der Waals surface area (Å²) in [6.45, 7) is 0.586.